The Hall–Kier alpha value is -2.27. The number of carbonyl (C=O) groups excluding carboxylic acids is 1. The predicted molar refractivity (Wildman–Crippen MR) is 108 cm³/mol. The van der Waals surface area contributed by atoms with Crippen LogP contribution in [0.25, 0.3) is 0 Å². The number of hydrogen-bond donors (Lipinski definition) is 2. The zero-order valence-corrected chi connectivity index (χ0v) is 17.9. The Morgan fingerprint density at radius 1 is 1.16 bits per heavy atom. The molecule has 1 amide bonds. The van der Waals surface area contributed by atoms with Gasteiger partial charge in [-0.3, -0.25) is 10.2 Å². The van der Waals surface area contributed by atoms with Gasteiger partial charge in [0.15, 0.2) is 5.71 Å². The fraction of sp³-hybridized carbons (Fsp3) is 0.500. The van der Waals surface area contributed by atoms with Gasteiger partial charge in [-0.1, -0.05) is 17.2 Å². The zero-order chi connectivity index (χ0) is 24.3. The number of benzene rings is 1. The summed E-state index contributed by atoms with van der Waals surface area (Å²) in [7, 11) is 0. The van der Waals surface area contributed by atoms with Crippen LogP contribution in [0, 0.1) is 5.92 Å². The fourth-order valence-electron chi connectivity index (χ4n) is 3.13. The van der Waals surface area contributed by atoms with Crippen molar-refractivity contribution >= 4 is 28.9 Å². The van der Waals surface area contributed by atoms with Crippen molar-refractivity contribution in [3.05, 3.63) is 40.9 Å². The number of aliphatic hydroxyl groups is 1. The van der Waals surface area contributed by atoms with Crippen molar-refractivity contribution in [1.29, 1.82) is 0 Å². The number of halogens is 7. The molecule has 1 saturated heterocycles. The molecule has 0 bridgehead atoms. The van der Waals surface area contributed by atoms with Gasteiger partial charge in [-0.2, -0.15) is 31.4 Å². The molecule has 1 aromatic rings. The molecule has 1 fully saturated rings. The van der Waals surface area contributed by atoms with Gasteiger partial charge in [0.05, 0.1) is 5.69 Å². The van der Waals surface area contributed by atoms with Crippen LogP contribution in [0.2, 0.25) is 5.02 Å². The van der Waals surface area contributed by atoms with Crippen LogP contribution in [-0.2, 0) is 4.79 Å². The molecule has 178 valence electrons. The second-order valence-electron chi connectivity index (χ2n) is 7.64. The van der Waals surface area contributed by atoms with Gasteiger partial charge in [-0.25, -0.2) is 0 Å². The number of hydrogen-bond acceptors (Lipinski definition) is 4. The van der Waals surface area contributed by atoms with Crippen LogP contribution in [-0.4, -0.2) is 52.7 Å². The summed E-state index contributed by atoms with van der Waals surface area (Å²) in [6, 6.07) is 5.88. The summed E-state index contributed by atoms with van der Waals surface area (Å²) in [5.74, 6) is -1.87. The van der Waals surface area contributed by atoms with Gasteiger partial charge < -0.3 is 10.0 Å². The third kappa shape index (κ3) is 6.38. The van der Waals surface area contributed by atoms with Crippen molar-refractivity contribution in [1.82, 2.24) is 4.90 Å². The van der Waals surface area contributed by atoms with E-state index in [2.05, 4.69) is 10.5 Å². The lowest BCUT2D eigenvalue weighted by Gasteiger charge is -2.37. The Balaban J connectivity index is 2.09. The Labute approximate surface area is 185 Å². The molecule has 0 saturated carbocycles. The van der Waals surface area contributed by atoms with Gasteiger partial charge in [0.25, 0.3) is 5.91 Å². The van der Waals surface area contributed by atoms with Crippen LogP contribution in [0.5, 0.6) is 0 Å². The van der Waals surface area contributed by atoms with Crippen molar-refractivity contribution in [2.75, 3.05) is 18.5 Å². The summed E-state index contributed by atoms with van der Waals surface area (Å²) < 4.78 is 78.8. The first-order chi connectivity index (χ1) is 14.6. The van der Waals surface area contributed by atoms with E-state index in [0.29, 0.717) is 23.2 Å². The molecule has 0 aliphatic carbocycles. The Morgan fingerprint density at radius 3 is 2.16 bits per heavy atom. The van der Waals surface area contributed by atoms with E-state index >= 15 is 0 Å². The average molecular weight is 486 g/mol. The first-order valence-electron chi connectivity index (χ1n) is 9.56. The van der Waals surface area contributed by atoms with Gasteiger partial charge in [0.1, 0.15) is 0 Å². The van der Waals surface area contributed by atoms with E-state index < -0.39 is 35.5 Å². The zero-order valence-electron chi connectivity index (χ0n) is 17.2. The first-order valence-corrected chi connectivity index (χ1v) is 9.94. The number of carbonyl (C=O) groups is 1. The SMILES string of the molecule is C/C(=C\C(=N/Nc1ccc(Cl)cc1)C(F)(F)F)C1CCN(C(=O)[C@@](C)(O)C(F)(F)F)CC1. The molecule has 12 heteroatoms. The molecule has 2 N–H and O–H groups in total. The van der Waals surface area contributed by atoms with Crippen LogP contribution >= 0.6 is 11.6 Å². The van der Waals surface area contributed by atoms with Crippen LogP contribution < -0.4 is 5.43 Å². The molecule has 1 aliphatic rings. The van der Waals surface area contributed by atoms with Crippen molar-refractivity contribution in [2.24, 2.45) is 11.0 Å². The maximum absolute atomic E-state index is 13.4. The third-order valence-corrected chi connectivity index (χ3v) is 5.45. The lowest BCUT2D eigenvalue weighted by atomic mass is 9.88. The third-order valence-electron chi connectivity index (χ3n) is 5.20. The average Bonchev–Trinajstić information content (AvgIpc) is 2.70. The van der Waals surface area contributed by atoms with Crippen molar-refractivity contribution in [3.63, 3.8) is 0 Å². The molecule has 0 radical (unpaired) electrons. The van der Waals surface area contributed by atoms with Crippen LogP contribution in [0.15, 0.2) is 41.0 Å². The smallest absolute Gasteiger partial charge is 0.373 e. The number of amides is 1. The first kappa shape index (κ1) is 26.0. The highest BCUT2D eigenvalue weighted by Crippen LogP contribution is 2.34. The van der Waals surface area contributed by atoms with Crippen LogP contribution in [0.1, 0.15) is 26.7 Å². The van der Waals surface area contributed by atoms with E-state index in [0.717, 1.165) is 11.0 Å². The summed E-state index contributed by atoms with van der Waals surface area (Å²) in [4.78, 5) is 12.9. The topological polar surface area (TPSA) is 64.9 Å². The van der Waals surface area contributed by atoms with E-state index in [-0.39, 0.29) is 25.9 Å². The maximum Gasteiger partial charge on any atom is 0.435 e. The summed E-state index contributed by atoms with van der Waals surface area (Å²) in [5, 5.41) is 13.4. The summed E-state index contributed by atoms with van der Waals surface area (Å²) in [6.45, 7) is 1.61. The minimum atomic E-state index is -5.13. The minimum Gasteiger partial charge on any atom is -0.373 e. The Bertz CT molecular complexity index is 871. The van der Waals surface area contributed by atoms with Gasteiger partial charge in [0, 0.05) is 18.1 Å². The van der Waals surface area contributed by atoms with Crippen LogP contribution in [0.4, 0.5) is 32.0 Å². The highest BCUT2D eigenvalue weighted by Gasteiger charge is 2.57. The van der Waals surface area contributed by atoms with Crippen molar-refractivity contribution in [2.45, 2.75) is 44.6 Å². The van der Waals surface area contributed by atoms with E-state index in [1.165, 1.54) is 31.2 Å². The molecular formula is C20H22ClF6N3O2. The molecule has 0 spiro atoms. The molecule has 1 atom stereocenters. The van der Waals surface area contributed by atoms with E-state index in [9.17, 15) is 36.2 Å². The monoisotopic (exact) mass is 485 g/mol. The van der Waals surface area contributed by atoms with Crippen LogP contribution in [0.3, 0.4) is 0 Å². The number of likely N-dealkylation sites (tertiary alicyclic amines) is 1. The van der Waals surface area contributed by atoms with Gasteiger partial charge in [-0.05, 0) is 62.9 Å². The van der Waals surface area contributed by atoms with Gasteiger partial charge in [0.2, 0.25) is 5.60 Å². The maximum atomic E-state index is 13.4. The molecule has 0 unspecified atom stereocenters. The van der Waals surface area contributed by atoms with Gasteiger partial charge >= 0.3 is 12.4 Å². The number of hydrazone groups is 1. The Morgan fingerprint density at radius 2 is 1.69 bits per heavy atom. The number of anilines is 1. The molecule has 5 nitrogen and oxygen atoms in total. The number of alkyl halides is 6. The standard InChI is InChI=1S/C20H22ClF6N3O2/c1-12(11-16(19(22,23)24)29-28-15-5-3-14(21)4-6-15)13-7-9-30(10-8-13)17(31)18(2,32)20(25,26)27/h3-6,11,13,28,32H,7-10H2,1-2H3/b12-11+,29-16+/t18-/m1/s1. The van der Waals surface area contributed by atoms with E-state index in [1.54, 1.807) is 0 Å². The normalized spacial score (nSPS) is 19.0. The molecule has 2 rings (SSSR count). The highest BCUT2D eigenvalue weighted by atomic mass is 35.5. The molecule has 1 heterocycles. The van der Waals surface area contributed by atoms with E-state index in [4.69, 9.17) is 11.6 Å². The largest absolute Gasteiger partial charge is 0.435 e. The van der Waals surface area contributed by atoms with Crippen molar-refractivity contribution in [3.8, 4) is 0 Å². The quantitative estimate of drug-likeness (QED) is 0.344. The number of rotatable bonds is 5. The van der Waals surface area contributed by atoms with Crippen molar-refractivity contribution < 1.29 is 36.2 Å². The summed E-state index contributed by atoms with van der Waals surface area (Å²) in [5.41, 5.74) is -1.76. The number of allylic oxidation sites excluding steroid dienone is 2. The summed E-state index contributed by atoms with van der Waals surface area (Å²) >= 11 is 5.73. The molecule has 32 heavy (non-hydrogen) atoms. The fourth-order valence-corrected chi connectivity index (χ4v) is 3.25. The molecule has 0 aromatic heterocycles. The minimum absolute atomic E-state index is 0.123. The summed E-state index contributed by atoms with van der Waals surface area (Å²) in [6.07, 6.45) is -8.71. The van der Waals surface area contributed by atoms with E-state index in [1.807, 2.05) is 0 Å². The lowest BCUT2D eigenvalue weighted by Crippen LogP contribution is -2.57. The molecule has 1 aromatic carbocycles. The predicted octanol–water partition coefficient (Wildman–Crippen LogP) is 5.17. The molecular weight excluding hydrogens is 464 g/mol. The number of nitrogens with one attached hydrogen (secondary N) is 1. The Kier molecular flexibility index (Phi) is 7.87. The van der Waals surface area contributed by atoms with Gasteiger partial charge in [-0.15, -0.1) is 0 Å². The second-order valence-corrected chi connectivity index (χ2v) is 8.07. The molecule has 1 aliphatic heterocycles. The number of nitrogens with zero attached hydrogens (tertiary/aromatic N) is 2. The second kappa shape index (κ2) is 9.70. The highest BCUT2D eigenvalue weighted by molar-refractivity contribution is 6.30. The number of piperidine rings is 1. The lowest BCUT2D eigenvalue weighted by molar-refractivity contribution is -0.250.